The lowest BCUT2D eigenvalue weighted by molar-refractivity contribution is -0.133. The Bertz CT molecular complexity index is 293. The Morgan fingerprint density at radius 3 is 2.64 bits per heavy atom. The summed E-state index contributed by atoms with van der Waals surface area (Å²) in [5.74, 6) is 1.14. The van der Waals surface area contributed by atoms with E-state index >= 15 is 0 Å². The van der Waals surface area contributed by atoms with Gasteiger partial charge in [0.05, 0.1) is 5.57 Å². The highest BCUT2D eigenvalue weighted by Gasteiger charge is 2.20. The van der Waals surface area contributed by atoms with Gasteiger partial charge in [-0.2, -0.15) is 0 Å². The van der Waals surface area contributed by atoms with Crippen molar-refractivity contribution in [1.29, 1.82) is 0 Å². The second kappa shape index (κ2) is 3.99. The van der Waals surface area contributed by atoms with Crippen molar-refractivity contribution in [3.8, 4) is 0 Å². The molecule has 0 unspecified atom stereocenters. The molecular weight excluding hydrogens is 176 g/mol. The zero-order chi connectivity index (χ0) is 9.97. The summed E-state index contributed by atoms with van der Waals surface area (Å²) in [6.45, 7) is 1.82. The molecule has 0 atom stereocenters. The number of hydrogen-bond acceptors (Lipinski definition) is 2. The summed E-state index contributed by atoms with van der Waals surface area (Å²) in [5.41, 5.74) is 0.759. The van der Waals surface area contributed by atoms with Gasteiger partial charge < -0.3 is 4.74 Å². The predicted molar refractivity (Wildman–Crippen MR) is 54.5 cm³/mol. The van der Waals surface area contributed by atoms with Crippen LogP contribution in [0.5, 0.6) is 0 Å². The minimum atomic E-state index is -0.173. The molecule has 0 aromatic carbocycles. The van der Waals surface area contributed by atoms with Gasteiger partial charge in [0.15, 0.2) is 0 Å². The summed E-state index contributed by atoms with van der Waals surface area (Å²) in [5, 5.41) is 0. The Morgan fingerprint density at radius 2 is 2.07 bits per heavy atom. The molecule has 0 spiro atoms. The Kier molecular flexibility index (Phi) is 2.71. The SMILES string of the molecule is CC1=CC(=CC2CCCCC2)C(=O)O1. The van der Waals surface area contributed by atoms with Gasteiger partial charge in [-0.05, 0) is 31.8 Å². The number of hydrogen-bond donors (Lipinski definition) is 0. The van der Waals surface area contributed by atoms with E-state index in [1.54, 1.807) is 0 Å². The van der Waals surface area contributed by atoms with E-state index in [-0.39, 0.29) is 5.97 Å². The topological polar surface area (TPSA) is 26.3 Å². The highest BCUT2D eigenvalue weighted by molar-refractivity contribution is 5.94. The van der Waals surface area contributed by atoms with Gasteiger partial charge in [-0.3, -0.25) is 0 Å². The van der Waals surface area contributed by atoms with Crippen LogP contribution in [0.1, 0.15) is 39.0 Å². The van der Waals surface area contributed by atoms with E-state index in [4.69, 9.17) is 4.74 Å². The third-order valence-corrected chi connectivity index (χ3v) is 2.91. The van der Waals surface area contributed by atoms with E-state index in [1.807, 2.05) is 13.0 Å². The first-order valence-corrected chi connectivity index (χ1v) is 5.38. The molecule has 0 saturated heterocycles. The molecule has 1 aliphatic carbocycles. The first kappa shape index (κ1) is 9.50. The van der Waals surface area contributed by atoms with Gasteiger partial charge >= 0.3 is 5.97 Å². The second-order valence-corrected chi connectivity index (χ2v) is 4.16. The minimum absolute atomic E-state index is 0.173. The monoisotopic (exact) mass is 192 g/mol. The van der Waals surface area contributed by atoms with Crippen LogP contribution in [0.2, 0.25) is 0 Å². The van der Waals surface area contributed by atoms with E-state index in [1.165, 1.54) is 32.1 Å². The van der Waals surface area contributed by atoms with E-state index in [9.17, 15) is 4.79 Å². The average molecular weight is 192 g/mol. The quantitative estimate of drug-likeness (QED) is 0.471. The fraction of sp³-hybridized carbons (Fsp3) is 0.583. The maximum atomic E-state index is 11.3. The Balaban J connectivity index is 2.05. The summed E-state index contributed by atoms with van der Waals surface area (Å²) in [4.78, 5) is 11.3. The number of carbonyl (C=O) groups is 1. The lowest BCUT2D eigenvalue weighted by Crippen LogP contribution is -2.06. The van der Waals surface area contributed by atoms with Crippen LogP contribution in [0.3, 0.4) is 0 Å². The van der Waals surface area contributed by atoms with Crippen LogP contribution in [0.15, 0.2) is 23.5 Å². The van der Waals surface area contributed by atoms with Crippen molar-refractivity contribution in [3.05, 3.63) is 23.5 Å². The maximum Gasteiger partial charge on any atom is 0.343 e. The van der Waals surface area contributed by atoms with Crippen LogP contribution in [-0.4, -0.2) is 5.97 Å². The summed E-state index contributed by atoms with van der Waals surface area (Å²) in [7, 11) is 0. The zero-order valence-electron chi connectivity index (χ0n) is 8.58. The summed E-state index contributed by atoms with van der Waals surface area (Å²) < 4.78 is 4.97. The molecule has 2 aliphatic rings. The molecule has 2 heteroatoms. The van der Waals surface area contributed by atoms with Crippen LogP contribution in [0.25, 0.3) is 0 Å². The Hall–Kier alpha value is -1.05. The molecule has 14 heavy (non-hydrogen) atoms. The van der Waals surface area contributed by atoms with Crippen LogP contribution in [-0.2, 0) is 9.53 Å². The molecule has 1 aliphatic heterocycles. The Labute approximate surface area is 84.6 Å². The number of esters is 1. The molecule has 76 valence electrons. The second-order valence-electron chi connectivity index (χ2n) is 4.16. The minimum Gasteiger partial charge on any atom is -0.428 e. The molecule has 1 fully saturated rings. The fourth-order valence-corrected chi connectivity index (χ4v) is 2.18. The van der Waals surface area contributed by atoms with E-state index in [2.05, 4.69) is 6.08 Å². The number of carbonyl (C=O) groups excluding carboxylic acids is 1. The van der Waals surface area contributed by atoms with Crippen LogP contribution in [0.4, 0.5) is 0 Å². The predicted octanol–water partition coefficient (Wildman–Crippen LogP) is 2.95. The van der Waals surface area contributed by atoms with Crippen molar-refractivity contribution in [2.24, 2.45) is 5.92 Å². The lowest BCUT2D eigenvalue weighted by atomic mass is 9.88. The van der Waals surface area contributed by atoms with Crippen LogP contribution >= 0.6 is 0 Å². The van der Waals surface area contributed by atoms with Gasteiger partial charge in [-0.25, -0.2) is 4.79 Å². The first-order chi connectivity index (χ1) is 6.75. The van der Waals surface area contributed by atoms with E-state index < -0.39 is 0 Å². The number of cyclic esters (lactones) is 1. The maximum absolute atomic E-state index is 11.3. The molecule has 0 aromatic heterocycles. The molecule has 1 heterocycles. The third-order valence-electron chi connectivity index (χ3n) is 2.91. The molecule has 0 bridgehead atoms. The van der Waals surface area contributed by atoms with Crippen LogP contribution < -0.4 is 0 Å². The summed E-state index contributed by atoms with van der Waals surface area (Å²) in [6.07, 6.45) is 10.3. The van der Waals surface area contributed by atoms with E-state index in [0.717, 1.165) is 11.3 Å². The van der Waals surface area contributed by atoms with Gasteiger partial charge in [-0.15, -0.1) is 0 Å². The van der Waals surface area contributed by atoms with E-state index in [0.29, 0.717) is 5.92 Å². The summed E-state index contributed by atoms with van der Waals surface area (Å²) in [6, 6.07) is 0. The van der Waals surface area contributed by atoms with Crippen LogP contribution in [0, 0.1) is 5.92 Å². The van der Waals surface area contributed by atoms with Crippen molar-refractivity contribution in [1.82, 2.24) is 0 Å². The van der Waals surface area contributed by atoms with Gasteiger partial charge in [0.1, 0.15) is 5.76 Å². The van der Waals surface area contributed by atoms with Crippen molar-refractivity contribution in [3.63, 3.8) is 0 Å². The number of ether oxygens (including phenoxy) is 1. The normalized spacial score (nSPS) is 26.5. The largest absolute Gasteiger partial charge is 0.428 e. The molecular formula is C12H16O2. The molecule has 0 radical (unpaired) electrons. The molecule has 2 nitrogen and oxygen atoms in total. The average Bonchev–Trinajstić information content (AvgIpc) is 2.47. The molecule has 2 rings (SSSR count). The lowest BCUT2D eigenvalue weighted by Gasteiger charge is -2.17. The Morgan fingerprint density at radius 1 is 1.36 bits per heavy atom. The fourth-order valence-electron chi connectivity index (χ4n) is 2.18. The third kappa shape index (κ3) is 2.06. The molecule has 0 amide bonds. The highest BCUT2D eigenvalue weighted by Crippen LogP contribution is 2.27. The molecule has 0 N–H and O–H groups in total. The smallest absolute Gasteiger partial charge is 0.343 e. The van der Waals surface area contributed by atoms with Gasteiger partial charge in [0.2, 0.25) is 0 Å². The van der Waals surface area contributed by atoms with Crippen molar-refractivity contribution < 1.29 is 9.53 Å². The standard InChI is InChI=1S/C12H16O2/c1-9-7-11(12(13)14-9)8-10-5-3-2-4-6-10/h7-8,10H,2-6H2,1H3. The number of allylic oxidation sites excluding steroid dienone is 2. The van der Waals surface area contributed by atoms with Crippen molar-refractivity contribution in [2.75, 3.05) is 0 Å². The van der Waals surface area contributed by atoms with Gasteiger partial charge in [-0.1, -0.05) is 25.3 Å². The van der Waals surface area contributed by atoms with Crippen molar-refractivity contribution in [2.45, 2.75) is 39.0 Å². The molecule has 0 aromatic rings. The van der Waals surface area contributed by atoms with Gasteiger partial charge in [0.25, 0.3) is 0 Å². The van der Waals surface area contributed by atoms with Gasteiger partial charge in [0, 0.05) is 0 Å². The zero-order valence-corrected chi connectivity index (χ0v) is 8.58. The first-order valence-electron chi connectivity index (χ1n) is 5.38. The summed E-state index contributed by atoms with van der Waals surface area (Å²) >= 11 is 0. The number of rotatable bonds is 1. The molecule has 1 saturated carbocycles. The highest BCUT2D eigenvalue weighted by atomic mass is 16.5. The van der Waals surface area contributed by atoms with Crippen molar-refractivity contribution >= 4 is 5.97 Å².